The number of aliphatic imine (C=N–C) groups is 1. The highest BCUT2D eigenvalue weighted by Gasteiger charge is 2.27. The van der Waals surface area contributed by atoms with E-state index in [1.165, 1.54) is 4.88 Å². The van der Waals surface area contributed by atoms with Crippen molar-refractivity contribution < 1.29 is 9.53 Å². The van der Waals surface area contributed by atoms with E-state index in [9.17, 15) is 4.79 Å². The first-order chi connectivity index (χ1) is 11.1. The van der Waals surface area contributed by atoms with Gasteiger partial charge in [-0.3, -0.25) is 9.79 Å². The number of aromatic nitrogens is 1. The second-order valence-corrected chi connectivity index (χ2v) is 7.05. The van der Waals surface area contributed by atoms with Gasteiger partial charge in [0, 0.05) is 24.2 Å². The van der Waals surface area contributed by atoms with Crippen molar-refractivity contribution in [3.8, 4) is 0 Å². The number of guanidine groups is 1. The highest BCUT2D eigenvalue weighted by Crippen LogP contribution is 2.25. The van der Waals surface area contributed by atoms with Crippen molar-refractivity contribution in [3.05, 3.63) is 16.1 Å². The standard InChI is InChI=1S/C16H26N4O2S.HI/c1-4-22-15(21)12-5-7-13(8-6-12)20-16(17-3)19-10-14-18-9-11(2)23-14;/h9,12-13H,4-8,10H2,1-3H3,(H2,17,19,20);1H. The largest absolute Gasteiger partial charge is 0.466 e. The average molecular weight is 466 g/mol. The average Bonchev–Trinajstić information content (AvgIpc) is 2.97. The van der Waals surface area contributed by atoms with E-state index in [0.29, 0.717) is 19.2 Å². The molecule has 24 heavy (non-hydrogen) atoms. The molecule has 1 saturated carbocycles. The van der Waals surface area contributed by atoms with Crippen LogP contribution in [-0.4, -0.2) is 36.6 Å². The lowest BCUT2D eigenvalue weighted by atomic mass is 9.86. The van der Waals surface area contributed by atoms with E-state index in [0.717, 1.165) is 36.7 Å². The van der Waals surface area contributed by atoms with E-state index in [-0.39, 0.29) is 35.9 Å². The molecular weight excluding hydrogens is 439 g/mol. The smallest absolute Gasteiger partial charge is 0.308 e. The fourth-order valence-electron chi connectivity index (χ4n) is 2.76. The minimum Gasteiger partial charge on any atom is -0.466 e. The van der Waals surface area contributed by atoms with Crippen molar-refractivity contribution in [3.63, 3.8) is 0 Å². The topological polar surface area (TPSA) is 75.6 Å². The molecule has 0 radical (unpaired) electrons. The molecule has 136 valence electrons. The molecule has 0 bridgehead atoms. The summed E-state index contributed by atoms with van der Waals surface area (Å²) in [7, 11) is 1.77. The molecule has 2 N–H and O–H groups in total. The molecule has 6 nitrogen and oxygen atoms in total. The van der Waals surface area contributed by atoms with Crippen molar-refractivity contribution in [2.75, 3.05) is 13.7 Å². The second kappa shape index (κ2) is 10.9. The molecule has 1 aliphatic carbocycles. The summed E-state index contributed by atoms with van der Waals surface area (Å²) >= 11 is 1.69. The van der Waals surface area contributed by atoms with Crippen LogP contribution in [0.2, 0.25) is 0 Å². The highest BCUT2D eigenvalue weighted by atomic mass is 127. The predicted octanol–water partition coefficient (Wildman–Crippen LogP) is 2.86. The number of carbonyl (C=O) groups excluding carboxylic acids is 1. The molecule has 0 amide bonds. The van der Waals surface area contributed by atoms with Gasteiger partial charge >= 0.3 is 5.97 Å². The van der Waals surface area contributed by atoms with Gasteiger partial charge in [0.25, 0.3) is 0 Å². The first-order valence-electron chi connectivity index (χ1n) is 8.17. The van der Waals surface area contributed by atoms with Crippen LogP contribution in [0, 0.1) is 12.8 Å². The molecule has 1 fully saturated rings. The molecule has 0 saturated heterocycles. The third-order valence-electron chi connectivity index (χ3n) is 3.99. The maximum Gasteiger partial charge on any atom is 0.308 e. The van der Waals surface area contributed by atoms with Crippen LogP contribution in [0.25, 0.3) is 0 Å². The van der Waals surface area contributed by atoms with Gasteiger partial charge in [-0.2, -0.15) is 0 Å². The Bertz CT molecular complexity index is 542. The van der Waals surface area contributed by atoms with Crippen molar-refractivity contribution in [2.45, 2.75) is 52.1 Å². The van der Waals surface area contributed by atoms with E-state index >= 15 is 0 Å². The number of hydrogen-bond donors (Lipinski definition) is 2. The Labute approximate surface area is 164 Å². The molecule has 1 aromatic rings. The number of nitrogens with zero attached hydrogens (tertiary/aromatic N) is 2. The summed E-state index contributed by atoms with van der Waals surface area (Å²) in [6, 6.07) is 0.352. The molecule has 8 heteroatoms. The highest BCUT2D eigenvalue weighted by molar-refractivity contribution is 14.0. The van der Waals surface area contributed by atoms with Crippen LogP contribution in [0.3, 0.4) is 0 Å². The molecule has 0 spiro atoms. The normalized spacial score (nSPS) is 20.9. The summed E-state index contributed by atoms with van der Waals surface area (Å²) in [5, 5.41) is 7.79. The van der Waals surface area contributed by atoms with Crippen LogP contribution in [-0.2, 0) is 16.1 Å². The molecule has 1 aromatic heterocycles. The van der Waals surface area contributed by atoms with Gasteiger partial charge in [0.1, 0.15) is 5.01 Å². The third kappa shape index (κ3) is 6.54. The van der Waals surface area contributed by atoms with Crippen LogP contribution in [0.4, 0.5) is 0 Å². The predicted molar refractivity (Wildman–Crippen MR) is 108 cm³/mol. The van der Waals surface area contributed by atoms with E-state index in [2.05, 4.69) is 27.5 Å². The van der Waals surface area contributed by atoms with E-state index in [1.807, 2.05) is 13.1 Å². The fourth-order valence-corrected chi connectivity index (χ4v) is 3.49. The lowest BCUT2D eigenvalue weighted by molar-refractivity contribution is -0.149. The summed E-state index contributed by atoms with van der Waals surface area (Å²) in [5.74, 6) is 0.798. The van der Waals surface area contributed by atoms with Crippen molar-refractivity contribution in [1.29, 1.82) is 0 Å². The fraction of sp³-hybridized carbons (Fsp3) is 0.688. The zero-order valence-electron chi connectivity index (χ0n) is 14.5. The van der Waals surface area contributed by atoms with Gasteiger partial charge in [0.15, 0.2) is 5.96 Å². The Kier molecular flexibility index (Phi) is 9.57. The molecule has 0 atom stereocenters. The first-order valence-corrected chi connectivity index (χ1v) is 8.99. The number of thiazole rings is 1. The molecule has 0 aromatic carbocycles. The van der Waals surface area contributed by atoms with Gasteiger partial charge in [0.2, 0.25) is 0 Å². The van der Waals surface area contributed by atoms with Crippen LogP contribution >= 0.6 is 35.3 Å². The lowest BCUT2D eigenvalue weighted by Gasteiger charge is -2.29. The minimum atomic E-state index is -0.0485. The van der Waals surface area contributed by atoms with E-state index in [4.69, 9.17) is 4.74 Å². The Morgan fingerprint density at radius 1 is 1.42 bits per heavy atom. The molecular formula is C16H27IN4O2S. The van der Waals surface area contributed by atoms with Gasteiger partial charge in [-0.1, -0.05) is 0 Å². The SMILES string of the molecule is CCOC(=O)C1CCC(NC(=NC)NCc2ncc(C)s2)CC1.I. The monoisotopic (exact) mass is 466 g/mol. The third-order valence-corrected chi connectivity index (χ3v) is 4.90. The molecule has 1 heterocycles. The lowest BCUT2D eigenvalue weighted by Crippen LogP contribution is -2.45. The summed E-state index contributed by atoms with van der Waals surface area (Å²) in [6.45, 7) is 5.04. The van der Waals surface area contributed by atoms with Gasteiger partial charge in [-0.15, -0.1) is 35.3 Å². The number of aryl methyl sites for hydroxylation is 1. The van der Waals surface area contributed by atoms with Crippen LogP contribution in [0.1, 0.15) is 42.5 Å². The quantitative estimate of drug-likeness (QED) is 0.302. The second-order valence-electron chi connectivity index (χ2n) is 5.74. The summed E-state index contributed by atoms with van der Waals surface area (Å²) in [4.78, 5) is 21.6. The van der Waals surface area contributed by atoms with Crippen LogP contribution in [0.15, 0.2) is 11.2 Å². The summed E-state index contributed by atoms with van der Waals surface area (Å²) in [5.41, 5.74) is 0. The zero-order valence-corrected chi connectivity index (χ0v) is 17.6. The molecule has 2 rings (SSSR count). The maximum atomic E-state index is 11.8. The number of hydrogen-bond acceptors (Lipinski definition) is 5. The van der Waals surface area contributed by atoms with E-state index in [1.54, 1.807) is 18.4 Å². The minimum absolute atomic E-state index is 0. The van der Waals surface area contributed by atoms with Crippen molar-refractivity contribution in [2.24, 2.45) is 10.9 Å². The summed E-state index contributed by atoms with van der Waals surface area (Å²) in [6.07, 6.45) is 5.55. The zero-order chi connectivity index (χ0) is 16.7. The Morgan fingerprint density at radius 2 is 2.12 bits per heavy atom. The number of carbonyl (C=O) groups is 1. The number of esters is 1. The van der Waals surface area contributed by atoms with Gasteiger partial charge in [0.05, 0.1) is 19.1 Å². The number of ether oxygens (including phenoxy) is 1. The molecule has 0 unspecified atom stereocenters. The van der Waals surface area contributed by atoms with Gasteiger partial charge < -0.3 is 15.4 Å². The number of rotatable bonds is 5. The Balaban J connectivity index is 0.00000288. The van der Waals surface area contributed by atoms with Crippen molar-refractivity contribution in [1.82, 2.24) is 15.6 Å². The van der Waals surface area contributed by atoms with Crippen LogP contribution < -0.4 is 10.6 Å². The molecule has 1 aliphatic rings. The Hall–Kier alpha value is -0.900. The van der Waals surface area contributed by atoms with Crippen LogP contribution in [0.5, 0.6) is 0 Å². The molecule has 0 aliphatic heterocycles. The maximum absolute atomic E-state index is 11.8. The van der Waals surface area contributed by atoms with Crippen molar-refractivity contribution >= 4 is 47.2 Å². The Morgan fingerprint density at radius 3 is 2.67 bits per heavy atom. The van der Waals surface area contributed by atoms with Gasteiger partial charge in [-0.05, 0) is 39.5 Å². The first kappa shape index (κ1) is 21.1. The number of halogens is 1. The van der Waals surface area contributed by atoms with E-state index < -0.39 is 0 Å². The van der Waals surface area contributed by atoms with Gasteiger partial charge in [-0.25, -0.2) is 4.98 Å². The summed E-state index contributed by atoms with van der Waals surface area (Å²) < 4.78 is 5.11. The number of nitrogens with one attached hydrogen (secondary N) is 2.